The Morgan fingerprint density at radius 1 is 1.33 bits per heavy atom. The molecule has 3 heterocycles. The Morgan fingerprint density at radius 2 is 2.09 bits per heavy atom. The summed E-state index contributed by atoms with van der Waals surface area (Å²) in [7, 11) is 0. The van der Waals surface area contributed by atoms with Crippen molar-refractivity contribution in [3.05, 3.63) is 30.1 Å². The second-order valence-corrected chi connectivity index (χ2v) is 10.00. The number of nitrogens with two attached hydrogens (primary N) is 2. The first-order valence-corrected chi connectivity index (χ1v) is 11.4. The van der Waals surface area contributed by atoms with Gasteiger partial charge in [0.2, 0.25) is 23.6 Å². The summed E-state index contributed by atoms with van der Waals surface area (Å²) in [4.78, 5) is 56.4. The standard InChI is InChI=1S/C23H32N6O4/c1-23(2)14-11-29(22(33)15(24)10-13-5-3-4-7-26-13)18(17(14)23)21(32)28-16(19(25)30)9-12-6-8-27-20(12)31/h3-5,7,12,14-18H,6,8-11,24H2,1-2H3,(H2,25,30)(H,27,31)(H,28,32)/t12-,14?,15-,16-,17?,18?/m0/s1. The van der Waals surface area contributed by atoms with Crippen LogP contribution in [-0.2, 0) is 25.6 Å². The summed E-state index contributed by atoms with van der Waals surface area (Å²) in [6, 6.07) is 2.89. The van der Waals surface area contributed by atoms with Gasteiger partial charge < -0.3 is 27.0 Å². The molecule has 33 heavy (non-hydrogen) atoms. The minimum atomic E-state index is -0.980. The average molecular weight is 457 g/mol. The lowest BCUT2D eigenvalue weighted by Crippen LogP contribution is -2.57. The number of carbonyl (C=O) groups is 4. The maximum atomic E-state index is 13.4. The highest BCUT2D eigenvalue weighted by Gasteiger charge is 2.69. The number of carbonyl (C=O) groups excluding carboxylic acids is 4. The first kappa shape index (κ1) is 23.2. The van der Waals surface area contributed by atoms with Gasteiger partial charge in [-0.25, -0.2) is 0 Å². The van der Waals surface area contributed by atoms with E-state index in [-0.39, 0.29) is 47.8 Å². The SMILES string of the molecule is CC1(C)C2CN(C(=O)[C@@H](N)Cc3ccccn3)C(C(=O)N[C@@H](C[C@@H]3CCNC3=O)C(N)=O)C21. The number of likely N-dealkylation sites (tertiary alicyclic amines) is 1. The maximum Gasteiger partial charge on any atom is 0.243 e. The Morgan fingerprint density at radius 3 is 2.70 bits per heavy atom. The number of fused-ring (bicyclic) bond motifs is 1. The van der Waals surface area contributed by atoms with Gasteiger partial charge in [0, 0.05) is 37.3 Å². The van der Waals surface area contributed by atoms with E-state index in [0.717, 1.165) is 0 Å². The fraction of sp³-hybridized carbons (Fsp3) is 0.609. The summed E-state index contributed by atoms with van der Waals surface area (Å²) >= 11 is 0. The van der Waals surface area contributed by atoms with Gasteiger partial charge in [0.15, 0.2) is 0 Å². The molecule has 4 amide bonds. The molecule has 0 bridgehead atoms. The van der Waals surface area contributed by atoms with Gasteiger partial charge in [-0.3, -0.25) is 24.2 Å². The quantitative estimate of drug-likeness (QED) is 0.390. The largest absolute Gasteiger partial charge is 0.368 e. The van der Waals surface area contributed by atoms with E-state index in [4.69, 9.17) is 11.5 Å². The predicted molar refractivity (Wildman–Crippen MR) is 119 cm³/mol. The zero-order valence-electron chi connectivity index (χ0n) is 19.0. The van der Waals surface area contributed by atoms with Crippen molar-refractivity contribution in [2.75, 3.05) is 13.1 Å². The van der Waals surface area contributed by atoms with E-state index in [0.29, 0.717) is 25.2 Å². The van der Waals surface area contributed by atoms with Crippen molar-refractivity contribution in [3.8, 4) is 0 Å². The molecule has 6 atom stereocenters. The monoisotopic (exact) mass is 456 g/mol. The molecular formula is C23H32N6O4. The number of nitrogens with zero attached hydrogens (tertiary/aromatic N) is 2. The number of primary amides is 1. The number of rotatable bonds is 8. The van der Waals surface area contributed by atoms with Crippen LogP contribution < -0.4 is 22.1 Å². The lowest BCUT2D eigenvalue weighted by Gasteiger charge is -2.32. The lowest BCUT2D eigenvalue weighted by atomic mass is 9.96. The molecule has 10 nitrogen and oxygen atoms in total. The van der Waals surface area contributed by atoms with Crippen LogP contribution in [0.25, 0.3) is 0 Å². The first-order chi connectivity index (χ1) is 15.6. The van der Waals surface area contributed by atoms with Crippen molar-refractivity contribution in [3.63, 3.8) is 0 Å². The molecule has 0 radical (unpaired) electrons. The molecule has 1 aromatic rings. The van der Waals surface area contributed by atoms with Crippen LogP contribution in [0, 0.1) is 23.2 Å². The van der Waals surface area contributed by atoms with Crippen molar-refractivity contribution in [2.45, 2.75) is 51.2 Å². The summed E-state index contributed by atoms with van der Waals surface area (Å²) in [6.07, 6.45) is 2.64. The van der Waals surface area contributed by atoms with Crippen molar-refractivity contribution in [1.29, 1.82) is 0 Å². The van der Waals surface area contributed by atoms with Crippen LogP contribution in [0.5, 0.6) is 0 Å². The Labute approximate surface area is 192 Å². The van der Waals surface area contributed by atoms with E-state index in [1.807, 2.05) is 6.07 Å². The Hall–Kier alpha value is -3.01. The molecule has 10 heteroatoms. The fourth-order valence-corrected chi connectivity index (χ4v) is 5.52. The topological polar surface area (TPSA) is 161 Å². The minimum Gasteiger partial charge on any atom is -0.368 e. The van der Waals surface area contributed by atoms with E-state index >= 15 is 0 Å². The maximum absolute atomic E-state index is 13.4. The molecular weight excluding hydrogens is 424 g/mol. The van der Waals surface area contributed by atoms with Crippen LogP contribution in [0.2, 0.25) is 0 Å². The van der Waals surface area contributed by atoms with Crippen LogP contribution >= 0.6 is 0 Å². The Balaban J connectivity index is 1.47. The van der Waals surface area contributed by atoms with Gasteiger partial charge in [0.1, 0.15) is 12.1 Å². The Bertz CT molecular complexity index is 952. The molecule has 3 fully saturated rings. The first-order valence-electron chi connectivity index (χ1n) is 11.4. The van der Waals surface area contributed by atoms with Crippen molar-refractivity contribution in [1.82, 2.24) is 20.5 Å². The fourth-order valence-electron chi connectivity index (χ4n) is 5.52. The van der Waals surface area contributed by atoms with Gasteiger partial charge in [0.05, 0.1) is 6.04 Å². The molecule has 3 unspecified atom stereocenters. The number of nitrogens with one attached hydrogen (secondary N) is 2. The van der Waals surface area contributed by atoms with Crippen LogP contribution in [-0.4, -0.2) is 64.7 Å². The number of piperidine rings is 1. The van der Waals surface area contributed by atoms with Gasteiger partial charge in [-0.15, -0.1) is 0 Å². The highest BCUT2D eigenvalue weighted by molar-refractivity contribution is 5.94. The lowest BCUT2D eigenvalue weighted by molar-refractivity contribution is -0.142. The molecule has 4 rings (SSSR count). The van der Waals surface area contributed by atoms with Crippen LogP contribution in [0.4, 0.5) is 0 Å². The second-order valence-electron chi connectivity index (χ2n) is 10.00. The number of aromatic nitrogens is 1. The predicted octanol–water partition coefficient (Wildman–Crippen LogP) is -1.07. The van der Waals surface area contributed by atoms with Gasteiger partial charge >= 0.3 is 0 Å². The average Bonchev–Trinajstić information content (AvgIpc) is 3.13. The van der Waals surface area contributed by atoms with E-state index in [1.165, 1.54) is 0 Å². The summed E-state index contributed by atoms with van der Waals surface area (Å²) in [5.74, 6) is -1.78. The van der Waals surface area contributed by atoms with Crippen LogP contribution in [0.1, 0.15) is 32.4 Å². The third-order valence-corrected chi connectivity index (χ3v) is 7.58. The van der Waals surface area contributed by atoms with E-state index in [2.05, 4.69) is 29.5 Å². The van der Waals surface area contributed by atoms with Crippen molar-refractivity contribution in [2.24, 2.45) is 34.6 Å². The summed E-state index contributed by atoms with van der Waals surface area (Å²) in [5, 5.41) is 5.46. The highest BCUT2D eigenvalue weighted by atomic mass is 16.2. The number of pyridine rings is 1. The van der Waals surface area contributed by atoms with Gasteiger partial charge in [-0.05, 0) is 42.2 Å². The molecule has 178 valence electrons. The number of amides is 4. The van der Waals surface area contributed by atoms with Gasteiger partial charge in [-0.1, -0.05) is 19.9 Å². The number of hydrogen-bond donors (Lipinski definition) is 4. The molecule has 1 aliphatic carbocycles. The molecule has 1 aromatic heterocycles. The molecule has 1 saturated carbocycles. The second kappa shape index (κ2) is 8.74. The summed E-state index contributed by atoms with van der Waals surface area (Å²) in [5.41, 5.74) is 12.4. The summed E-state index contributed by atoms with van der Waals surface area (Å²) < 4.78 is 0. The zero-order chi connectivity index (χ0) is 23.9. The van der Waals surface area contributed by atoms with E-state index in [1.54, 1.807) is 23.2 Å². The zero-order valence-corrected chi connectivity index (χ0v) is 19.0. The molecule has 0 spiro atoms. The third-order valence-electron chi connectivity index (χ3n) is 7.58. The molecule has 0 aromatic carbocycles. The van der Waals surface area contributed by atoms with Gasteiger partial charge in [0.25, 0.3) is 0 Å². The smallest absolute Gasteiger partial charge is 0.243 e. The normalized spacial score (nSPS) is 29.1. The van der Waals surface area contributed by atoms with Crippen LogP contribution in [0.15, 0.2) is 24.4 Å². The Kier molecular flexibility index (Phi) is 6.13. The molecule has 2 aliphatic heterocycles. The molecule has 6 N–H and O–H groups in total. The van der Waals surface area contributed by atoms with Gasteiger partial charge in [-0.2, -0.15) is 0 Å². The van der Waals surface area contributed by atoms with Crippen molar-refractivity contribution >= 4 is 23.6 Å². The molecule has 2 saturated heterocycles. The van der Waals surface area contributed by atoms with E-state index in [9.17, 15) is 19.2 Å². The third kappa shape index (κ3) is 4.44. The summed E-state index contributed by atoms with van der Waals surface area (Å²) in [6.45, 7) is 5.13. The number of hydrogen-bond acceptors (Lipinski definition) is 6. The molecule has 3 aliphatic rings. The van der Waals surface area contributed by atoms with Crippen LogP contribution in [0.3, 0.4) is 0 Å². The minimum absolute atomic E-state index is 0.0215. The van der Waals surface area contributed by atoms with E-state index < -0.39 is 29.9 Å². The van der Waals surface area contributed by atoms with Crippen molar-refractivity contribution < 1.29 is 19.2 Å². The highest BCUT2D eigenvalue weighted by Crippen LogP contribution is 2.64.